The standard InChI is InChI=1S/C26H25FN4O2/c1-3-9-30-22-13-17(16-33)12-20(27)24(22)28-26(30)23-14-18-7-5-8-21-25(18)31(23)19(4-2)15-29(21)10-6-11-32/h1,5,7-8,12-14,16,19,32H,4,6,9-11,15H2,2H3. The molecule has 2 aromatic carbocycles. The van der Waals surface area contributed by atoms with Gasteiger partial charge in [-0.25, -0.2) is 9.37 Å². The van der Waals surface area contributed by atoms with Gasteiger partial charge in [-0.3, -0.25) is 4.79 Å². The Kier molecular flexibility index (Phi) is 5.39. The molecule has 0 saturated heterocycles. The Balaban J connectivity index is 1.80. The molecule has 33 heavy (non-hydrogen) atoms. The molecule has 4 aromatic rings. The predicted molar refractivity (Wildman–Crippen MR) is 128 cm³/mol. The number of rotatable bonds is 7. The van der Waals surface area contributed by atoms with E-state index in [-0.39, 0.29) is 30.3 Å². The molecule has 0 saturated carbocycles. The molecule has 1 unspecified atom stereocenters. The monoisotopic (exact) mass is 444 g/mol. The highest BCUT2D eigenvalue weighted by atomic mass is 19.1. The summed E-state index contributed by atoms with van der Waals surface area (Å²) in [7, 11) is 0. The highest BCUT2D eigenvalue weighted by Gasteiger charge is 2.30. The van der Waals surface area contributed by atoms with Crippen LogP contribution in [0.1, 0.15) is 36.2 Å². The van der Waals surface area contributed by atoms with E-state index in [9.17, 15) is 14.3 Å². The second kappa shape index (κ2) is 8.38. The van der Waals surface area contributed by atoms with Crippen molar-refractivity contribution in [3.8, 4) is 23.9 Å². The number of hydrogen-bond donors (Lipinski definition) is 1. The van der Waals surface area contributed by atoms with E-state index in [2.05, 4.69) is 45.5 Å². The number of imidazole rings is 1. The molecule has 1 N–H and O–H groups in total. The number of carbonyl (C=O) groups excluding carboxylic acids is 1. The van der Waals surface area contributed by atoms with Gasteiger partial charge >= 0.3 is 0 Å². The van der Waals surface area contributed by atoms with Crippen LogP contribution in [-0.2, 0) is 6.54 Å². The number of aromatic nitrogens is 3. The van der Waals surface area contributed by atoms with Gasteiger partial charge in [-0.2, -0.15) is 0 Å². The van der Waals surface area contributed by atoms with Crippen molar-refractivity contribution >= 4 is 33.9 Å². The second-order valence-electron chi connectivity index (χ2n) is 8.41. The maximum atomic E-state index is 14.8. The van der Waals surface area contributed by atoms with Crippen LogP contribution in [0.15, 0.2) is 36.4 Å². The third-order valence-electron chi connectivity index (χ3n) is 6.48. The maximum absolute atomic E-state index is 14.8. The summed E-state index contributed by atoms with van der Waals surface area (Å²) < 4.78 is 18.9. The molecular weight excluding hydrogens is 419 g/mol. The number of anilines is 1. The summed E-state index contributed by atoms with van der Waals surface area (Å²) in [5, 5.41) is 10.4. The highest BCUT2D eigenvalue weighted by Crippen LogP contribution is 2.42. The minimum absolute atomic E-state index is 0.153. The zero-order chi connectivity index (χ0) is 23.1. The van der Waals surface area contributed by atoms with Crippen LogP contribution in [0.4, 0.5) is 10.1 Å². The molecule has 5 rings (SSSR count). The summed E-state index contributed by atoms with van der Waals surface area (Å²) in [6.07, 6.45) is 7.91. The average Bonchev–Trinajstić information content (AvgIpc) is 3.39. The van der Waals surface area contributed by atoms with Crippen molar-refractivity contribution < 1.29 is 14.3 Å². The molecule has 7 heteroatoms. The van der Waals surface area contributed by atoms with Gasteiger partial charge in [0.15, 0.2) is 11.6 Å². The molecule has 1 aliphatic heterocycles. The normalized spacial score (nSPS) is 15.3. The van der Waals surface area contributed by atoms with Crippen LogP contribution < -0.4 is 4.90 Å². The van der Waals surface area contributed by atoms with Gasteiger partial charge in [-0.15, -0.1) is 6.42 Å². The van der Waals surface area contributed by atoms with Crippen molar-refractivity contribution in [2.75, 3.05) is 24.6 Å². The Labute approximate surface area is 191 Å². The number of para-hydroxylation sites is 1. The first-order chi connectivity index (χ1) is 16.1. The molecule has 1 atom stereocenters. The Hall–Kier alpha value is -3.63. The van der Waals surface area contributed by atoms with E-state index in [1.165, 1.54) is 6.07 Å². The first kappa shape index (κ1) is 21.2. The summed E-state index contributed by atoms with van der Waals surface area (Å²) in [4.78, 5) is 18.3. The van der Waals surface area contributed by atoms with Gasteiger partial charge in [-0.1, -0.05) is 25.0 Å². The quantitative estimate of drug-likeness (QED) is 0.339. The molecule has 0 fully saturated rings. The maximum Gasteiger partial charge on any atom is 0.158 e. The van der Waals surface area contributed by atoms with Crippen molar-refractivity contribution in [2.45, 2.75) is 32.4 Å². The van der Waals surface area contributed by atoms with E-state index in [1.54, 1.807) is 6.07 Å². The number of benzene rings is 2. The molecule has 0 aliphatic carbocycles. The first-order valence-corrected chi connectivity index (χ1v) is 11.2. The van der Waals surface area contributed by atoms with Crippen LogP contribution in [0.2, 0.25) is 0 Å². The number of fused-ring (bicyclic) bond motifs is 1. The highest BCUT2D eigenvalue weighted by molar-refractivity contribution is 5.97. The van der Waals surface area contributed by atoms with E-state index in [0.717, 1.165) is 41.8 Å². The Morgan fingerprint density at radius 3 is 2.91 bits per heavy atom. The topological polar surface area (TPSA) is 63.3 Å². The van der Waals surface area contributed by atoms with Crippen molar-refractivity contribution in [1.29, 1.82) is 0 Å². The van der Waals surface area contributed by atoms with Crippen LogP contribution in [0.5, 0.6) is 0 Å². The lowest BCUT2D eigenvalue weighted by atomic mass is 10.1. The lowest BCUT2D eigenvalue weighted by Crippen LogP contribution is -2.36. The fraction of sp³-hybridized carbons (Fsp3) is 0.308. The number of aliphatic hydroxyl groups excluding tert-OH is 1. The summed E-state index contributed by atoms with van der Waals surface area (Å²) >= 11 is 0. The number of hydrogen-bond acceptors (Lipinski definition) is 4. The van der Waals surface area contributed by atoms with Gasteiger partial charge < -0.3 is 19.1 Å². The van der Waals surface area contributed by atoms with Gasteiger partial charge in [0, 0.05) is 30.6 Å². The van der Waals surface area contributed by atoms with Gasteiger partial charge in [-0.05, 0) is 37.1 Å². The van der Waals surface area contributed by atoms with Gasteiger partial charge in [0.05, 0.1) is 35.0 Å². The molecular formula is C26H25FN4O2. The molecule has 0 amide bonds. The van der Waals surface area contributed by atoms with E-state index in [1.807, 2.05) is 10.6 Å². The van der Waals surface area contributed by atoms with Crippen molar-refractivity contribution in [3.05, 3.63) is 47.8 Å². The van der Waals surface area contributed by atoms with Crippen LogP contribution >= 0.6 is 0 Å². The van der Waals surface area contributed by atoms with Crippen molar-refractivity contribution in [3.63, 3.8) is 0 Å². The van der Waals surface area contributed by atoms with Crippen LogP contribution in [0.25, 0.3) is 33.5 Å². The molecule has 1 aliphatic rings. The summed E-state index contributed by atoms with van der Waals surface area (Å²) in [6, 6.07) is 11.3. The summed E-state index contributed by atoms with van der Waals surface area (Å²) in [6.45, 7) is 4.10. The number of aldehydes is 1. The Morgan fingerprint density at radius 1 is 1.33 bits per heavy atom. The molecule has 0 radical (unpaired) electrons. The van der Waals surface area contributed by atoms with Gasteiger partial charge in [0.1, 0.15) is 11.8 Å². The van der Waals surface area contributed by atoms with Crippen LogP contribution in [-0.4, -0.2) is 45.2 Å². The molecule has 168 valence electrons. The van der Waals surface area contributed by atoms with Gasteiger partial charge in [0.25, 0.3) is 0 Å². The third kappa shape index (κ3) is 3.30. The number of terminal acetylenes is 1. The number of halogens is 1. The molecule has 6 nitrogen and oxygen atoms in total. The largest absolute Gasteiger partial charge is 0.396 e. The Bertz CT molecular complexity index is 1410. The SMILES string of the molecule is C#CCn1c(-c2cc3cccc4c3n2C(CC)CN4CCCO)nc2c(F)cc(C=O)cc21. The third-order valence-corrected chi connectivity index (χ3v) is 6.48. The van der Waals surface area contributed by atoms with E-state index >= 15 is 0 Å². The molecule has 0 spiro atoms. The van der Waals surface area contributed by atoms with Crippen molar-refractivity contribution in [1.82, 2.24) is 14.1 Å². The summed E-state index contributed by atoms with van der Waals surface area (Å²) in [5.41, 5.74) is 4.07. The zero-order valence-corrected chi connectivity index (χ0v) is 18.5. The fourth-order valence-electron chi connectivity index (χ4n) is 5.01. The van der Waals surface area contributed by atoms with E-state index in [4.69, 9.17) is 6.42 Å². The molecule has 0 bridgehead atoms. The lowest BCUT2D eigenvalue weighted by Gasteiger charge is -2.36. The molecule has 3 heterocycles. The van der Waals surface area contributed by atoms with Crippen molar-refractivity contribution in [2.24, 2.45) is 0 Å². The summed E-state index contributed by atoms with van der Waals surface area (Å²) in [5.74, 6) is 2.71. The lowest BCUT2D eigenvalue weighted by molar-refractivity contribution is 0.112. The average molecular weight is 445 g/mol. The molecule has 2 aromatic heterocycles. The smallest absolute Gasteiger partial charge is 0.158 e. The fourth-order valence-corrected chi connectivity index (χ4v) is 5.01. The number of carbonyl (C=O) groups is 1. The second-order valence-corrected chi connectivity index (χ2v) is 8.41. The van der Waals surface area contributed by atoms with E-state index < -0.39 is 5.82 Å². The predicted octanol–water partition coefficient (Wildman–Crippen LogP) is 4.40. The minimum Gasteiger partial charge on any atom is -0.396 e. The number of nitrogens with zero attached hydrogens (tertiary/aromatic N) is 4. The van der Waals surface area contributed by atoms with Crippen LogP contribution in [0, 0.1) is 18.2 Å². The van der Waals surface area contributed by atoms with Crippen LogP contribution in [0.3, 0.4) is 0 Å². The number of aliphatic hydroxyl groups is 1. The zero-order valence-electron chi connectivity index (χ0n) is 18.5. The minimum atomic E-state index is -0.538. The van der Waals surface area contributed by atoms with E-state index in [0.29, 0.717) is 24.0 Å². The Morgan fingerprint density at radius 2 is 2.18 bits per heavy atom. The van der Waals surface area contributed by atoms with Gasteiger partial charge in [0.2, 0.25) is 0 Å². The first-order valence-electron chi connectivity index (χ1n) is 11.2.